The van der Waals surface area contributed by atoms with Gasteiger partial charge in [0.15, 0.2) is 0 Å². The summed E-state index contributed by atoms with van der Waals surface area (Å²) in [6, 6.07) is 0. The number of carbonyl (C=O) groups is 4. The van der Waals surface area contributed by atoms with E-state index in [1.54, 1.807) is 13.8 Å². The molecule has 0 aliphatic heterocycles. The lowest BCUT2D eigenvalue weighted by atomic mass is 10.0. The van der Waals surface area contributed by atoms with Crippen LogP contribution in [0.2, 0.25) is 0 Å². The molecule has 266 valence electrons. The van der Waals surface area contributed by atoms with Crippen LogP contribution in [0.15, 0.2) is 0 Å². The van der Waals surface area contributed by atoms with Crippen LogP contribution >= 0.6 is 7.82 Å². The molecule has 0 spiro atoms. The van der Waals surface area contributed by atoms with Gasteiger partial charge in [0.2, 0.25) is 11.8 Å². The van der Waals surface area contributed by atoms with Crippen molar-refractivity contribution in [3.8, 4) is 0 Å². The highest BCUT2D eigenvalue weighted by molar-refractivity contribution is 7.47. The van der Waals surface area contributed by atoms with E-state index in [4.69, 9.17) is 9.05 Å². The van der Waals surface area contributed by atoms with Crippen molar-refractivity contribution in [2.75, 3.05) is 19.7 Å². The van der Waals surface area contributed by atoms with Crippen molar-refractivity contribution in [1.82, 2.24) is 10.6 Å². The maximum atomic E-state index is 11.6. The Hall–Kier alpha value is -1.61. The van der Waals surface area contributed by atoms with Gasteiger partial charge in [-0.15, -0.1) is 0 Å². The van der Waals surface area contributed by atoms with Crippen LogP contribution in [0, 0.1) is 17.8 Å². The van der Waals surface area contributed by atoms with Crippen molar-refractivity contribution in [3.05, 3.63) is 0 Å². The Morgan fingerprint density at radius 2 is 1.02 bits per heavy atom. The molecule has 2 amide bonds. The van der Waals surface area contributed by atoms with Gasteiger partial charge in [-0.05, 0) is 51.9 Å². The lowest BCUT2D eigenvalue weighted by molar-refractivity contribution is -0.124. The third kappa shape index (κ3) is 33.6. The first-order valence-corrected chi connectivity index (χ1v) is 18.8. The third-order valence-corrected chi connectivity index (χ3v) is 8.16. The molecule has 0 radical (unpaired) electrons. The van der Waals surface area contributed by atoms with E-state index in [9.17, 15) is 28.6 Å². The number of hydrogen-bond donors (Lipinski definition) is 3. The minimum absolute atomic E-state index is 0.0213. The van der Waals surface area contributed by atoms with Gasteiger partial charge in [-0.3, -0.25) is 28.2 Å². The molecule has 0 fully saturated rings. The molecular formula is C34H67N2O8P. The second-order valence-corrected chi connectivity index (χ2v) is 14.5. The van der Waals surface area contributed by atoms with Crippen molar-refractivity contribution in [1.29, 1.82) is 0 Å². The smallest absolute Gasteiger partial charge is 0.356 e. The summed E-state index contributed by atoms with van der Waals surface area (Å²) in [5.74, 6) is 1.43. The van der Waals surface area contributed by atoms with Gasteiger partial charge >= 0.3 is 7.82 Å². The van der Waals surface area contributed by atoms with E-state index in [0.29, 0.717) is 51.5 Å². The molecule has 0 heterocycles. The van der Waals surface area contributed by atoms with E-state index in [-0.39, 0.29) is 47.9 Å². The van der Waals surface area contributed by atoms with Crippen LogP contribution in [-0.4, -0.2) is 54.1 Å². The van der Waals surface area contributed by atoms with E-state index in [2.05, 4.69) is 24.5 Å². The zero-order valence-corrected chi connectivity index (χ0v) is 30.7. The lowest BCUT2D eigenvalue weighted by Crippen LogP contribution is -2.24. The fourth-order valence-electron chi connectivity index (χ4n) is 4.14. The van der Waals surface area contributed by atoms with Crippen LogP contribution in [-0.2, 0) is 32.8 Å². The van der Waals surface area contributed by atoms with Crippen LogP contribution in [0.3, 0.4) is 0 Å². The van der Waals surface area contributed by atoms with E-state index < -0.39 is 7.82 Å². The summed E-state index contributed by atoms with van der Waals surface area (Å²) in [7, 11) is -3.93. The van der Waals surface area contributed by atoms with Gasteiger partial charge in [0, 0.05) is 50.6 Å². The first kappa shape index (κ1) is 45.5. The Kier molecular flexibility index (Phi) is 28.9. The molecule has 3 N–H and O–H groups in total. The molecule has 0 saturated carbocycles. The van der Waals surface area contributed by atoms with E-state index in [1.807, 2.05) is 27.7 Å². The average Bonchev–Trinajstić information content (AvgIpc) is 2.93. The monoisotopic (exact) mass is 662 g/mol. The highest BCUT2D eigenvalue weighted by Gasteiger charge is 2.22. The summed E-state index contributed by atoms with van der Waals surface area (Å²) in [4.78, 5) is 55.4. The molecule has 0 rings (SSSR count). The average molecular weight is 663 g/mol. The van der Waals surface area contributed by atoms with Crippen molar-refractivity contribution in [3.63, 3.8) is 0 Å². The third-order valence-electron chi connectivity index (χ3n) is 6.96. The maximum absolute atomic E-state index is 11.6. The fourth-order valence-corrected chi connectivity index (χ4v) is 5.10. The zero-order chi connectivity index (χ0) is 34.7. The standard InChI is InChI=1S/C17H34NO6P.C17H33NO2/c1-14(2)16(19)10-9-11-17(20)18-12-7-5-6-8-13-23-25(21,22)24-15(3)4;1-14(2)10-7-5-6-8-13-18-17(20)12-9-11-16(19)15(3)4/h14-15H,5-13H2,1-4H3,(H,18,20)(H,21,22);14-15H,5-13H2,1-4H3,(H,18,20). The largest absolute Gasteiger partial charge is 0.472 e. The number of carbonyl (C=O) groups excluding carboxylic acids is 4. The van der Waals surface area contributed by atoms with E-state index in [0.717, 1.165) is 38.1 Å². The number of unbranched alkanes of at least 4 members (excludes halogenated alkanes) is 6. The van der Waals surface area contributed by atoms with Gasteiger partial charge < -0.3 is 15.5 Å². The molecule has 0 saturated heterocycles. The number of Topliss-reactive ketones (excluding diaryl/α,β-unsaturated/α-hetero) is 2. The predicted molar refractivity (Wildman–Crippen MR) is 182 cm³/mol. The Labute approximate surface area is 274 Å². The quantitative estimate of drug-likeness (QED) is 0.0599. The van der Waals surface area contributed by atoms with E-state index >= 15 is 0 Å². The van der Waals surface area contributed by atoms with Crippen LogP contribution in [0.25, 0.3) is 0 Å². The highest BCUT2D eigenvalue weighted by Crippen LogP contribution is 2.44. The minimum Gasteiger partial charge on any atom is -0.356 e. The van der Waals surface area contributed by atoms with Crippen LogP contribution in [0.4, 0.5) is 0 Å². The van der Waals surface area contributed by atoms with Crippen molar-refractivity contribution in [2.45, 2.75) is 158 Å². The maximum Gasteiger partial charge on any atom is 0.472 e. The van der Waals surface area contributed by atoms with Gasteiger partial charge in [0.1, 0.15) is 11.6 Å². The molecule has 11 heteroatoms. The lowest BCUT2D eigenvalue weighted by Gasteiger charge is -2.14. The van der Waals surface area contributed by atoms with Gasteiger partial charge in [-0.2, -0.15) is 0 Å². The summed E-state index contributed by atoms with van der Waals surface area (Å²) in [5.41, 5.74) is 0. The molecule has 10 nitrogen and oxygen atoms in total. The van der Waals surface area contributed by atoms with Gasteiger partial charge in [-0.25, -0.2) is 4.57 Å². The Balaban J connectivity index is 0. The first-order valence-electron chi connectivity index (χ1n) is 17.3. The second kappa shape index (κ2) is 28.6. The number of phosphoric acid groups is 1. The van der Waals surface area contributed by atoms with Crippen LogP contribution in [0.1, 0.15) is 152 Å². The summed E-state index contributed by atoms with van der Waals surface area (Å²) in [6.07, 6.45) is 12.1. The SMILES string of the molecule is CC(C)CCCCCCNC(=O)CCCC(=O)C(C)C.CC(C)OP(=O)(O)OCCCCCCNC(=O)CCCC(=O)C(C)C. The van der Waals surface area contributed by atoms with Gasteiger partial charge in [-0.1, -0.05) is 80.1 Å². The van der Waals surface area contributed by atoms with Crippen LogP contribution < -0.4 is 10.6 Å². The summed E-state index contributed by atoms with van der Waals surface area (Å²) in [6.45, 7) is 16.9. The Morgan fingerprint density at radius 3 is 1.42 bits per heavy atom. The first-order chi connectivity index (χ1) is 21.1. The van der Waals surface area contributed by atoms with Crippen molar-refractivity contribution >= 4 is 31.2 Å². The summed E-state index contributed by atoms with van der Waals surface area (Å²) >= 11 is 0. The van der Waals surface area contributed by atoms with Gasteiger partial charge in [0.25, 0.3) is 0 Å². The van der Waals surface area contributed by atoms with Gasteiger partial charge in [0.05, 0.1) is 12.7 Å². The molecule has 0 aromatic rings. The molecular weight excluding hydrogens is 595 g/mol. The van der Waals surface area contributed by atoms with E-state index in [1.165, 1.54) is 25.7 Å². The minimum atomic E-state index is -3.93. The van der Waals surface area contributed by atoms with Crippen molar-refractivity contribution in [2.24, 2.45) is 17.8 Å². The number of ketones is 2. The Bertz CT molecular complexity index is 846. The summed E-state index contributed by atoms with van der Waals surface area (Å²) < 4.78 is 21.1. The molecule has 1 unspecified atom stereocenters. The second-order valence-electron chi connectivity index (χ2n) is 13.1. The molecule has 0 bridgehead atoms. The highest BCUT2D eigenvalue weighted by atomic mass is 31.2. The fraction of sp³-hybridized carbons (Fsp3) is 0.882. The topological polar surface area (TPSA) is 148 Å². The number of amides is 2. The predicted octanol–water partition coefficient (Wildman–Crippen LogP) is 7.70. The number of rotatable bonds is 27. The molecule has 0 aliphatic rings. The normalized spacial score (nSPS) is 12.6. The molecule has 0 aromatic carbocycles. The Morgan fingerprint density at radius 1 is 0.600 bits per heavy atom. The summed E-state index contributed by atoms with van der Waals surface area (Å²) in [5, 5.41) is 5.77. The number of hydrogen-bond acceptors (Lipinski definition) is 7. The zero-order valence-electron chi connectivity index (χ0n) is 29.8. The molecule has 0 aliphatic carbocycles. The number of nitrogens with one attached hydrogen (secondary N) is 2. The molecule has 1 atom stereocenters. The van der Waals surface area contributed by atoms with Crippen molar-refractivity contribution < 1.29 is 37.7 Å². The molecule has 45 heavy (non-hydrogen) atoms. The number of phosphoric ester groups is 1. The molecule has 0 aromatic heterocycles. The van der Waals surface area contributed by atoms with Crippen LogP contribution in [0.5, 0.6) is 0 Å².